The molecule has 0 bridgehead atoms. The van der Waals surface area contributed by atoms with Crippen molar-refractivity contribution in [1.29, 1.82) is 0 Å². The van der Waals surface area contributed by atoms with Crippen LogP contribution in [0.15, 0.2) is 194 Å². The predicted octanol–water partition coefficient (Wildman–Crippen LogP) is 14.3. The Balaban J connectivity index is 1.07. The van der Waals surface area contributed by atoms with Gasteiger partial charge in [-0.25, -0.2) is 0 Å². The summed E-state index contributed by atoms with van der Waals surface area (Å²) in [6.07, 6.45) is 1.04. The van der Waals surface area contributed by atoms with E-state index in [4.69, 9.17) is 0 Å². The number of hydrogen-bond acceptors (Lipinski definition) is 1. The summed E-state index contributed by atoms with van der Waals surface area (Å²) in [5.74, 6) is 0. The summed E-state index contributed by atoms with van der Waals surface area (Å²) < 4.78 is 2.37. The first-order valence-electron chi connectivity index (χ1n) is 19.0. The molecule has 8 aromatic carbocycles. The van der Waals surface area contributed by atoms with Gasteiger partial charge in [0.15, 0.2) is 0 Å². The fraction of sp³-hybridized carbons (Fsp3) is 0.0769. The first-order valence-corrected chi connectivity index (χ1v) is 19.0. The number of fused-ring (bicyclic) bond motifs is 6. The standard InChI is InChI=1S/C52H40N2/c1-3-52(2)48-20-12-10-18-44(48)45-32-31-43(35-49(45)52)53(41-27-22-37(23-28-41)36-14-6-4-7-15-36)42-29-24-38(25-30-42)39-26-33-51-47(34-39)46-19-11-13-21-50(46)54(51)40-16-8-5-9-17-40/h4-35H,3H2,1-2H3. The van der Waals surface area contributed by atoms with Crippen LogP contribution < -0.4 is 4.90 Å². The summed E-state index contributed by atoms with van der Waals surface area (Å²) in [5.41, 5.74) is 17.3. The van der Waals surface area contributed by atoms with Crippen molar-refractivity contribution < 1.29 is 0 Å². The Hall–Kier alpha value is -6.64. The SMILES string of the molecule is CCC1(C)c2ccccc2-c2ccc(N(c3ccc(-c4ccccc4)cc3)c3ccc(-c4ccc5c(c4)c4ccccc4n5-c4ccccc4)cc3)cc21. The van der Waals surface area contributed by atoms with E-state index < -0.39 is 0 Å². The van der Waals surface area contributed by atoms with Crippen molar-refractivity contribution in [3.8, 4) is 39.1 Å². The number of nitrogens with zero attached hydrogens (tertiary/aromatic N) is 2. The molecule has 0 spiro atoms. The van der Waals surface area contributed by atoms with E-state index in [1.54, 1.807) is 0 Å². The van der Waals surface area contributed by atoms with E-state index in [1.165, 1.54) is 72.0 Å². The van der Waals surface area contributed by atoms with E-state index in [-0.39, 0.29) is 5.41 Å². The molecule has 0 N–H and O–H groups in total. The summed E-state index contributed by atoms with van der Waals surface area (Å²) in [5, 5.41) is 2.52. The number of benzene rings is 8. The van der Waals surface area contributed by atoms with Crippen LogP contribution in [0.3, 0.4) is 0 Å². The van der Waals surface area contributed by atoms with Crippen LogP contribution in [0.25, 0.3) is 60.9 Å². The lowest BCUT2D eigenvalue weighted by Crippen LogP contribution is -2.20. The summed E-state index contributed by atoms with van der Waals surface area (Å²) in [4.78, 5) is 2.41. The van der Waals surface area contributed by atoms with Crippen molar-refractivity contribution in [2.24, 2.45) is 0 Å². The molecule has 1 aliphatic rings. The van der Waals surface area contributed by atoms with Gasteiger partial charge in [-0.05, 0) is 118 Å². The Morgan fingerprint density at radius 3 is 1.69 bits per heavy atom. The van der Waals surface area contributed by atoms with Crippen LogP contribution in [0.4, 0.5) is 17.1 Å². The van der Waals surface area contributed by atoms with Gasteiger partial charge in [0.2, 0.25) is 0 Å². The highest BCUT2D eigenvalue weighted by molar-refractivity contribution is 6.10. The van der Waals surface area contributed by atoms with E-state index in [9.17, 15) is 0 Å². The molecule has 2 heteroatoms. The van der Waals surface area contributed by atoms with Gasteiger partial charge >= 0.3 is 0 Å². The molecule has 1 aromatic heterocycles. The lowest BCUT2D eigenvalue weighted by molar-refractivity contribution is 0.564. The molecular formula is C52H40N2. The highest BCUT2D eigenvalue weighted by Crippen LogP contribution is 2.52. The fourth-order valence-electron chi connectivity index (χ4n) is 8.78. The fourth-order valence-corrected chi connectivity index (χ4v) is 8.78. The maximum absolute atomic E-state index is 2.44. The average molecular weight is 693 g/mol. The Kier molecular flexibility index (Phi) is 7.59. The van der Waals surface area contributed by atoms with Crippen molar-refractivity contribution in [2.45, 2.75) is 25.7 Å². The molecule has 0 fully saturated rings. The molecule has 0 radical (unpaired) electrons. The highest BCUT2D eigenvalue weighted by atomic mass is 15.1. The molecule has 0 amide bonds. The first kappa shape index (κ1) is 32.0. The third-order valence-corrected chi connectivity index (χ3v) is 11.8. The molecule has 1 aliphatic carbocycles. The van der Waals surface area contributed by atoms with Crippen molar-refractivity contribution in [1.82, 2.24) is 4.57 Å². The van der Waals surface area contributed by atoms with E-state index >= 15 is 0 Å². The van der Waals surface area contributed by atoms with Crippen LogP contribution in [-0.4, -0.2) is 4.57 Å². The average Bonchev–Trinajstić information content (AvgIpc) is 3.71. The van der Waals surface area contributed by atoms with Crippen molar-refractivity contribution >= 4 is 38.9 Å². The third-order valence-electron chi connectivity index (χ3n) is 11.8. The minimum absolute atomic E-state index is 0.0447. The summed E-state index contributed by atoms with van der Waals surface area (Å²) >= 11 is 0. The first-order chi connectivity index (χ1) is 26.6. The number of hydrogen-bond donors (Lipinski definition) is 0. The zero-order valence-electron chi connectivity index (χ0n) is 30.6. The zero-order valence-corrected chi connectivity index (χ0v) is 30.6. The number of para-hydroxylation sites is 2. The quantitative estimate of drug-likeness (QED) is 0.161. The monoisotopic (exact) mass is 692 g/mol. The largest absolute Gasteiger partial charge is 0.310 e. The molecule has 9 aromatic rings. The number of aromatic nitrogens is 1. The molecule has 54 heavy (non-hydrogen) atoms. The zero-order chi connectivity index (χ0) is 36.2. The van der Waals surface area contributed by atoms with Gasteiger partial charge in [-0.3, -0.25) is 0 Å². The summed E-state index contributed by atoms with van der Waals surface area (Å²) in [7, 11) is 0. The van der Waals surface area contributed by atoms with Crippen LogP contribution in [0.5, 0.6) is 0 Å². The maximum atomic E-state index is 2.44. The second kappa shape index (κ2) is 12.8. The Morgan fingerprint density at radius 2 is 0.963 bits per heavy atom. The van der Waals surface area contributed by atoms with Gasteiger partial charge in [-0.1, -0.05) is 141 Å². The van der Waals surface area contributed by atoms with Crippen molar-refractivity contribution in [3.63, 3.8) is 0 Å². The molecule has 0 aliphatic heterocycles. The molecular weight excluding hydrogens is 653 g/mol. The van der Waals surface area contributed by atoms with E-state index in [1.807, 2.05) is 0 Å². The Labute approximate surface area is 317 Å². The van der Waals surface area contributed by atoms with E-state index in [0.29, 0.717) is 0 Å². The minimum Gasteiger partial charge on any atom is -0.310 e. The van der Waals surface area contributed by atoms with E-state index in [2.05, 4.69) is 217 Å². The van der Waals surface area contributed by atoms with E-state index in [0.717, 1.165) is 23.5 Å². The van der Waals surface area contributed by atoms with Crippen molar-refractivity contribution in [2.75, 3.05) is 4.90 Å². The molecule has 0 saturated heterocycles. The highest BCUT2D eigenvalue weighted by Gasteiger charge is 2.38. The number of rotatable bonds is 7. The molecule has 2 nitrogen and oxygen atoms in total. The molecule has 0 saturated carbocycles. The topological polar surface area (TPSA) is 8.17 Å². The van der Waals surface area contributed by atoms with Crippen molar-refractivity contribution in [3.05, 3.63) is 205 Å². The van der Waals surface area contributed by atoms with Crippen LogP contribution in [0.1, 0.15) is 31.4 Å². The lowest BCUT2D eigenvalue weighted by atomic mass is 9.78. The van der Waals surface area contributed by atoms with Gasteiger partial charge < -0.3 is 9.47 Å². The van der Waals surface area contributed by atoms with Gasteiger partial charge in [0.1, 0.15) is 0 Å². The van der Waals surface area contributed by atoms with Crippen LogP contribution in [0, 0.1) is 0 Å². The second-order valence-corrected chi connectivity index (χ2v) is 14.7. The van der Waals surface area contributed by atoms with Gasteiger partial charge in [-0.15, -0.1) is 0 Å². The minimum atomic E-state index is -0.0447. The second-order valence-electron chi connectivity index (χ2n) is 14.7. The van der Waals surface area contributed by atoms with Gasteiger partial charge in [0.05, 0.1) is 11.0 Å². The Bertz CT molecular complexity index is 2800. The van der Waals surface area contributed by atoms with Gasteiger partial charge in [-0.2, -0.15) is 0 Å². The smallest absolute Gasteiger partial charge is 0.0541 e. The normalized spacial score (nSPS) is 14.6. The maximum Gasteiger partial charge on any atom is 0.0541 e. The third kappa shape index (κ3) is 5.09. The summed E-state index contributed by atoms with van der Waals surface area (Å²) in [6, 6.07) is 71.0. The molecule has 1 unspecified atom stereocenters. The number of anilines is 3. The molecule has 1 heterocycles. The van der Waals surface area contributed by atoms with Crippen LogP contribution in [-0.2, 0) is 5.41 Å². The molecule has 258 valence electrons. The Morgan fingerprint density at radius 1 is 0.426 bits per heavy atom. The lowest BCUT2D eigenvalue weighted by Gasteiger charge is -2.29. The molecule has 10 rings (SSSR count). The van der Waals surface area contributed by atoms with Gasteiger partial charge in [0, 0.05) is 38.9 Å². The molecule has 1 atom stereocenters. The van der Waals surface area contributed by atoms with Gasteiger partial charge in [0.25, 0.3) is 0 Å². The summed E-state index contributed by atoms with van der Waals surface area (Å²) in [6.45, 7) is 4.72. The van der Waals surface area contributed by atoms with Crippen LogP contribution >= 0.6 is 0 Å². The van der Waals surface area contributed by atoms with Crippen LogP contribution in [0.2, 0.25) is 0 Å². The predicted molar refractivity (Wildman–Crippen MR) is 229 cm³/mol.